The lowest BCUT2D eigenvalue weighted by Gasteiger charge is -2.23. The Morgan fingerprint density at radius 2 is 1.68 bits per heavy atom. The summed E-state index contributed by atoms with van der Waals surface area (Å²) in [4.78, 5) is 19.5. The molecule has 0 radical (unpaired) electrons. The highest BCUT2D eigenvalue weighted by molar-refractivity contribution is 5.94. The zero-order valence-electron chi connectivity index (χ0n) is 17.3. The van der Waals surface area contributed by atoms with Crippen molar-refractivity contribution in [3.8, 4) is 0 Å². The van der Waals surface area contributed by atoms with Gasteiger partial charge < -0.3 is 9.47 Å². The smallest absolute Gasteiger partial charge is 0.257 e. The van der Waals surface area contributed by atoms with Crippen LogP contribution in [0.3, 0.4) is 0 Å². The Hall–Kier alpha value is -3.54. The second kappa shape index (κ2) is 9.08. The molecule has 4 aromatic rings. The number of imidazole rings is 1. The van der Waals surface area contributed by atoms with Gasteiger partial charge in [-0.3, -0.25) is 4.79 Å². The molecule has 0 bridgehead atoms. The average Bonchev–Trinajstić information content (AvgIpc) is 3.13. The van der Waals surface area contributed by atoms with Crippen molar-refractivity contribution in [3.05, 3.63) is 101 Å². The third-order valence-corrected chi connectivity index (χ3v) is 5.20. The van der Waals surface area contributed by atoms with Crippen LogP contribution in [0.25, 0.3) is 11.0 Å². The molecule has 4 nitrogen and oxygen atoms in total. The Balaban J connectivity index is 1.75. The minimum absolute atomic E-state index is 0.179. The first-order valence-corrected chi connectivity index (χ1v) is 10.3. The van der Waals surface area contributed by atoms with Gasteiger partial charge in [-0.15, -0.1) is 0 Å². The van der Waals surface area contributed by atoms with Gasteiger partial charge in [0, 0.05) is 13.1 Å². The van der Waals surface area contributed by atoms with Crippen molar-refractivity contribution in [3.63, 3.8) is 0 Å². The van der Waals surface area contributed by atoms with Crippen molar-refractivity contribution in [1.82, 2.24) is 14.5 Å². The molecule has 0 saturated heterocycles. The van der Waals surface area contributed by atoms with Crippen LogP contribution in [-0.4, -0.2) is 20.4 Å². The number of rotatable bonds is 7. The largest absolute Gasteiger partial charge is 0.327 e. The molecular formula is C25H23F2N3O. The maximum atomic E-state index is 14.4. The van der Waals surface area contributed by atoms with E-state index in [1.54, 1.807) is 0 Å². The maximum absolute atomic E-state index is 14.4. The number of halogens is 2. The topological polar surface area (TPSA) is 38.1 Å². The Labute approximate surface area is 179 Å². The monoisotopic (exact) mass is 419 g/mol. The molecule has 0 fully saturated rings. The first-order valence-electron chi connectivity index (χ1n) is 10.3. The lowest BCUT2D eigenvalue weighted by Crippen LogP contribution is -2.32. The standard InChI is InChI=1S/C25H23F2N3O/c1-2-15-30-22-14-7-6-13-21(22)28-23(30)17-29(16-18-9-4-3-5-10-18)25(31)19-11-8-12-20(26)24(19)27/h3-14H,2,15-17H2,1H3. The number of carbonyl (C=O) groups is 1. The summed E-state index contributed by atoms with van der Waals surface area (Å²) in [5.74, 6) is -2.03. The molecule has 4 rings (SSSR count). The predicted octanol–water partition coefficient (Wildman–Crippen LogP) is 5.57. The van der Waals surface area contributed by atoms with E-state index in [2.05, 4.69) is 11.5 Å². The van der Waals surface area contributed by atoms with Crippen LogP contribution >= 0.6 is 0 Å². The van der Waals surface area contributed by atoms with E-state index in [-0.39, 0.29) is 18.7 Å². The van der Waals surface area contributed by atoms with Crippen LogP contribution in [0.5, 0.6) is 0 Å². The molecule has 1 amide bonds. The molecule has 0 atom stereocenters. The fourth-order valence-corrected chi connectivity index (χ4v) is 3.73. The summed E-state index contributed by atoms with van der Waals surface area (Å²) >= 11 is 0. The molecular weight excluding hydrogens is 396 g/mol. The molecule has 3 aromatic carbocycles. The number of hydrogen-bond acceptors (Lipinski definition) is 2. The molecule has 0 aliphatic carbocycles. The first kappa shape index (κ1) is 20.7. The Morgan fingerprint density at radius 3 is 2.45 bits per heavy atom. The Morgan fingerprint density at radius 1 is 0.935 bits per heavy atom. The van der Waals surface area contributed by atoms with Gasteiger partial charge in [0.15, 0.2) is 11.6 Å². The Kier molecular flexibility index (Phi) is 6.07. The van der Waals surface area contributed by atoms with Crippen molar-refractivity contribution in [1.29, 1.82) is 0 Å². The molecule has 0 aliphatic heterocycles. The molecule has 158 valence electrons. The van der Waals surface area contributed by atoms with Crippen LogP contribution in [0.2, 0.25) is 0 Å². The number of hydrogen-bond donors (Lipinski definition) is 0. The molecule has 6 heteroatoms. The van der Waals surface area contributed by atoms with Gasteiger partial charge in [-0.25, -0.2) is 13.8 Å². The van der Waals surface area contributed by atoms with E-state index in [1.165, 1.54) is 17.0 Å². The van der Waals surface area contributed by atoms with Crippen LogP contribution in [0.4, 0.5) is 8.78 Å². The molecule has 0 unspecified atom stereocenters. The van der Waals surface area contributed by atoms with Gasteiger partial charge in [-0.2, -0.15) is 0 Å². The van der Waals surface area contributed by atoms with Crippen LogP contribution in [0, 0.1) is 11.6 Å². The van der Waals surface area contributed by atoms with Gasteiger partial charge in [-0.1, -0.05) is 55.5 Å². The normalized spacial score (nSPS) is 11.1. The molecule has 0 spiro atoms. The van der Waals surface area contributed by atoms with Gasteiger partial charge in [0.25, 0.3) is 5.91 Å². The average molecular weight is 419 g/mol. The summed E-state index contributed by atoms with van der Waals surface area (Å²) in [5.41, 5.74) is 2.44. The zero-order chi connectivity index (χ0) is 21.8. The summed E-state index contributed by atoms with van der Waals surface area (Å²) in [6.45, 7) is 3.26. The minimum atomic E-state index is -1.13. The van der Waals surface area contributed by atoms with Gasteiger partial charge in [0.2, 0.25) is 0 Å². The summed E-state index contributed by atoms with van der Waals surface area (Å²) in [7, 11) is 0. The minimum Gasteiger partial charge on any atom is -0.327 e. The van der Waals surface area contributed by atoms with Crippen LogP contribution in [-0.2, 0) is 19.6 Å². The van der Waals surface area contributed by atoms with E-state index in [1.807, 2.05) is 54.6 Å². The SMILES string of the molecule is CCCn1c(CN(Cc2ccccc2)C(=O)c2cccc(F)c2F)nc2ccccc21. The van der Waals surface area contributed by atoms with Gasteiger partial charge in [-0.05, 0) is 36.2 Å². The molecule has 1 aromatic heterocycles. The van der Waals surface area contributed by atoms with Gasteiger partial charge >= 0.3 is 0 Å². The predicted molar refractivity (Wildman–Crippen MR) is 116 cm³/mol. The third-order valence-electron chi connectivity index (χ3n) is 5.20. The number of para-hydroxylation sites is 2. The third kappa shape index (κ3) is 4.33. The summed E-state index contributed by atoms with van der Waals surface area (Å²) in [6, 6.07) is 20.9. The lowest BCUT2D eigenvalue weighted by atomic mass is 10.1. The Bertz CT molecular complexity index is 1200. The number of aryl methyl sites for hydroxylation is 1. The number of carbonyl (C=O) groups excluding carboxylic acids is 1. The number of amides is 1. The second-order valence-corrected chi connectivity index (χ2v) is 7.42. The second-order valence-electron chi connectivity index (χ2n) is 7.42. The number of fused-ring (bicyclic) bond motifs is 1. The van der Waals surface area contributed by atoms with Crippen LogP contribution < -0.4 is 0 Å². The van der Waals surface area contributed by atoms with Gasteiger partial charge in [0.1, 0.15) is 5.82 Å². The van der Waals surface area contributed by atoms with E-state index in [4.69, 9.17) is 4.98 Å². The number of aromatic nitrogens is 2. The molecule has 31 heavy (non-hydrogen) atoms. The number of benzene rings is 3. The van der Waals surface area contributed by atoms with Gasteiger partial charge in [0.05, 0.1) is 23.1 Å². The van der Waals surface area contributed by atoms with E-state index in [0.717, 1.165) is 35.6 Å². The zero-order valence-corrected chi connectivity index (χ0v) is 17.3. The summed E-state index contributed by atoms with van der Waals surface area (Å²) in [6.07, 6.45) is 0.901. The fraction of sp³-hybridized carbons (Fsp3) is 0.200. The van der Waals surface area contributed by atoms with Crippen molar-refractivity contribution < 1.29 is 13.6 Å². The van der Waals surface area contributed by atoms with Crippen molar-refractivity contribution in [2.24, 2.45) is 0 Å². The van der Waals surface area contributed by atoms with Crippen molar-refractivity contribution in [2.75, 3.05) is 0 Å². The van der Waals surface area contributed by atoms with Crippen molar-refractivity contribution in [2.45, 2.75) is 33.0 Å². The van der Waals surface area contributed by atoms with Crippen LogP contribution in [0.15, 0.2) is 72.8 Å². The van der Waals surface area contributed by atoms with Crippen molar-refractivity contribution >= 4 is 16.9 Å². The van der Waals surface area contributed by atoms with E-state index in [0.29, 0.717) is 5.82 Å². The summed E-state index contributed by atoms with van der Waals surface area (Å²) in [5, 5.41) is 0. The quantitative estimate of drug-likeness (QED) is 0.393. The van der Waals surface area contributed by atoms with E-state index in [9.17, 15) is 13.6 Å². The lowest BCUT2D eigenvalue weighted by molar-refractivity contribution is 0.0717. The fourth-order valence-electron chi connectivity index (χ4n) is 3.73. The highest BCUT2D eigenvalue weighted by atomic mass is 19.2. The first-order chi connectivity index (χ1) is 15.1. The summed E-state index contributed by atoms with van der Waals surface area (Å²) < 4.78 is 30.3. The van der Waals surface area contributed by atoms with E-state index >= 15 is 0 Å². The molecule has 1 heterocycles. The highest BCUT2D eigenvalue weighted by Gasteiger charge is 2.24. The highest BCUT2D eigenvalue weighted by Crippen LogP contribution is 2.21. The maximum Gasteiger partial charge on any atom is 0.257 e. The molecule has 0 aliphatic rings. The molecule has 0 N–H and O–H groups in total. The van der Waals surface area contributed by atoms with E-state index < -0.39 is 17.5 Å². The number of nitrogens with zero attached hydrogens (tertiary/aromatic N) is 3. The molecule has 0 saturated carbocycles. The van der Waals surface area contributed by atoms with Crippen LogP contribution in [0.1, 0.15) is 35.1 Å².